The van der Waals surface area contributed by atoms with Gasteiger partial charge in [-0.25, -0.2) is 4.98 Å². The minimum absolute atomic E-state index is 0.548. The quantitative estimate of drug-likeness (QED) is 0.730. The van der Waals surface area contributed by atoms with Crippen molar-refractivity contribution in [2.24, 2.45) is 0 Å². The Labute approximate surface area is 153 Å². The fourth-order valence-electron chi connectivity index (χ4n) is 3.58. The Balaban J connectivity index is 1.49. The third-order valence-corrected chi connectivity index (χ3v) is 4.80. The number of para-hydroxylation sites is 2. The van der Waals surface area contributed by atoms with Crippen LogP contribution >= 0.6 is 0 Å². The third-order valence-electron chi connectivity index (χ3n) is 4.80. The summed E-state index contributed by atoms with van der Waals surface area (Å²) in [5.74, 6) is 0.993. The summed E-state index contributed by atoms with van der Waals surface area (Å²) in [7, 11) is 3.92. The molecule has 0 spiro atoms. The maximum atomic E-state index is 10.3. The van der Waals surface area contributed by atoms with E-state index in [-0.39, 0.29) is 0 Å². The van der Waals surface area contributed by atoms with Crippen LogP contribution < -0.4 is 0 Å². The lowest BCUT2D eigenvalue weighted by Crippen LogP contribution is -2.23. The molecule has 4 rings (SSSR count). The minimum atomic E-state index is -0.548. The normalized spacial score (nSPS) is 16.8. The summed E-state index contributed by atoms with van der Waals surface area (Å²) < 4.78 is 2.05. The summed E-state index contributed by atoms with van der Waals surface area (Å²) in [5.41, 5.74) is 4.01. The van der Waals surface area contributed by atoms with Gasteiger partial charge in [-0.3, -0.25) is 9.58 Å². The van der Waals surface area contributed by atoms with E-state index in [1.54, 1.807) is 0 Å². The summed E-state index contributed by atoms with van der Waals surface area (Å²) in [4.78, 5) is 12.5. The number of fused-ring (bicyclic) bond motifs is 2. The molecule has 3 aromatic rings. The number of nitrogens with zero attached hydrogens (tertiary/aromatic N) is 5. The van der Waals surface area contributed by atoms with Crippen LogP contribution in [0.5, 0.6) is 0 Å². The Bertz CT molecular complexity index is 850. The van der Waals surface area contributed by atoms with Gasteiger partial charge in [0, 0.05) is 26.2 Å². The first-order valence-corrected chi connectivity index (χ1v) is 9.14. The lowest BCUT2D eigenvalue weighted by Gasteiger charge is -2.18. The highest BCUT2D eigenvalue weighted by atomic mass is 16.3. The molecule has 0 saturated carbocycles. The first kappa shape index (κ1) is 17.2. The van der Waals surface area contributed by atoms with Crippen molar-refractivity contribution in [3.05, 3.63) is 47.5 Å². The molecule has 7 heteroatoms. The molecule has 0 aliphatic carbocycles. The van der Waals surface area contributed by atoms with Gasteiger partial charge in [-0.2, -0.15) is 5.10 Å². The zero-order chi connectivity index (χ0) is 18.1. The number of aliphatic hydroxyl groups is 1. The van der Waals surface area contributed by atoms with Gasteiger partial charge in [0.1, 0.15) is 11.9 Å². The number of benzene rings is 1. The first-order valence-electron chi connectivity index (χ1n) is 9.14. The van der Waals surface area contributed by atoms with E-state index in [9.17, 15) is 5.11 Å². The maximum absolute atomic E-state index is 10.3. The van der Waals surface area contributed by atoms with Gasteiger partial charge in [-0.05, 0) is 38.7 Å². The number of hydrogen-bond donors (Lipinski definition) is 2. The van der Waals surface area contributed by atoms with Crippen LogP contribution in [0.3, 0.4) is 0 Å². The van der Waals surface area contributed by atoms with Crippen molar-refractivity contribution in [1.82, 2.24) is 29.5 Å². The second kappa shape index (κ2) is 7.19. The number of aliphatic hydroxyl groups excluding tert-OH is 1. The Morgan fingerprint density at radius 3 is 2.92 bits per heavy atom. The van der Waals surface area contributed by atoms with E-state index in [4.69, 9.17) is 4.98 Å². The van der Waals surface area contributed by atoms with Crippen molar-refractivity contribution >= 4 is 11.0 Å². The van der Waals surface area contributed by atoms with Crippen LogP contribution in [-0.2, 0) is 19.6 Å². The molecule has 1 aromatic carbocycles. The van der Waals surface area contributed by atoms with E-state index < -0.39 is 6.10 Å². The molecule has 3 heterocycles. The van der Waals surface area contributed by atoms with Crippen LogP contribution in [-0.4, -0.2) is 61.8 Å². The first-order chi connectivity index (χ1) is 12.6. The average Bonchev–Trinajstić information content (AvgIpc) is 3.13. The summed E-state index contributed by atoms with van der Waals surface area (Å²) in [6.07, 6.45) is 0.492. The van der Waals surface area contributed by atoms with Crippen molar-refractivity contribution in [3.8, 4) is 0 Å². The zero-order valence-corrected chi connectivity index (χ0v) is 15.4. The van der Waals surface area contributed by atoms with Gasteiger partial charge in [-0.15, -0.1) is 0 Å². The molecule has 0 unspecified atom stereocenters. The highest BCUT2D eigenvalue weighted by molar-refractivity contribution is 5.74. The highest BCUT2D eigenvalue weighted by Crippen LogP contribution is 2.20. The number of aryl methyl sites for hydroxylation is 1. The SMILES string of the molecule is CN(C)C[C@H](O)c1cc2n(n1)CCCN(Cc1nc3ccccc3[nH]1)C2. The van der Waals surface area contributed by atoms with E-state index >= 15 is 0 Å². The van der Waals surface area contributed by atoms with E-state index in [1.807, 2.05) is 47.9 Å². The van der Waals surface area contributed by atoms with Gasteiger partial charge in [-0.1, -0.05) is 12.1 Å². The molecule has 0 radical (unpaired) electrons. The molecule has 0 fully saturated rings. The van der Waals surface area contributed by atoms with Crippen molar-refractivity contribution in [1.29, 1.82) is 0 Å². The van der Waals surface area contributed by atoms with Gasteiger partial charge >= 0.3 is 0 Å². The second-order valence-corrected chi connectivity index (χ2v) is 7.33. The lowest BCUT2D eigenvalue weighted by atomic mass is 10.2. The summed E-state index contributed by atoms with van der Waals surface area (Å²) in [6, 6.07) is 10.2. The molecule has 7 nitrogen and oxygen atoms in total. The topological polar surface area (TPSA) is 73.2 Å². The number of imidazole rings is 1. The minimum Gasteiger partial charge on any atom is -0.385 e. The van der Waals surface area contributed by atoms with Gasteiger partial charge in [0.15, 0.2) is 0 Å². The molecule has 138 valence electrons. The average molecular weight is 354 g/mol. The molecular formula is C19H26N6O. The Kier molecular flexibility index (Phi) is 4.76. The number of aromatic amines is 1. The molecule has 0 bridgehead atoms. The van der Waals surface area contributed by atoms with E-state index in [0.717, 1.165) is 60.8 Å². The number of aromatic nitrogens is 4. The van der Waals surface area contributed by atoms with Crippen molar-refractivity contribution in [2.75, 3.05) is 27.2 Å². The van der Waals surface area contributed by atoms with Gasteiger partial charge in [0.2, 0.25) is 0 Å². The fourth-order valence-corrected chi connectivity index (χ4v) is 3.58. The highest BCUT2D eigenvalue weighted by Gasteiger charge is 2.20. The van der Waals surface area contributed by atoms with Crippen LogP contribution in [0.1, 0.15) is 29.7 Å². The van der Waals surface area contributed by atoms with Crippen LogP contribution in [0.2, 0.25) is 0 Å². The molecule has 2 N–H and O–H groups in total. The molecule has 1 aliphatic heterocycles. The van der Waals surface area contributed by atoms with E-state index in [0.29, 0.717) is 6.54 Å². The predicted molar refractivity (Wildman–Crippen MR) is 101 cm³/mol. The number of rotatable bonds is 5. The second-order valence-electron chi connectivity index (χ2n) is 7.33. The summed E-state index contributed by atoms with van der Waals surface area (Å²) in [5, 5.41) is 15.0. The van der Waals surface area contributed by atoms with Crippen molar-refractivity contribution in [2.45, 2.75) is 32.2 Å². The number of nitrogens with one attached hydrogen (secondary N) is 1. The van der Waals surface area contributed by atoms with E-state index in [2.05, 4.69) is 21.0 Å². The van der Waals surface area contributed by atoms with Crippen LogP contribution in [0, 0.1) is 0 Å². The van der Waals surface area contributed by atoms with Gasteiger partial charge in [0.05, 0.1) is 29.0 Å². The van der Waals surface area contributed by atoms with Gasteiger partial charge < -0.3 is 15.0 Å². The Morgan fingerprint density at radius 1 is 1.27 bits per heavy atom. The number of hydrogen-bond acceptors (Lipinski definition) is 5. The van der Waals surface area contributed by atoms with Crippen molar-refractivity contribution in [3.63, 3.8) is 0 Å². The molecule has 0 saturated heterocycles. The Hall–Kier alpha value is -2.22. The maximum Gasteiger partial charge on any atom is 0.121 e. The number of H-pyrrole nitrogens is 1. The molecule has 1 atom stereocenters. The van der Waals surface area contributed by atoms with Crippen LogP contribution in [0.25, 0.3) is 11.0 Å². The molecule has 0 amide bonds. The van der Waals surface area contributed by atoms with Crippen molar-refractivity contribution < 1.29 is 5.11 Å². The van der Waals surface area contributed by atoms with Gasteiger partial charge in [0.25, 0.3) is 0 Å². The third kappa shape index (κ3) is 3.65. The molecular weight excluding hydrogens is 328 g/mol. The molecule has 2 aromatic heterocycles. The van der Waals surface area contributed by atoms with Crippen LogP contribution in [0.15, 0.2) is 30.3 Å². The monoisotopic (exact) mass is 354 g/mol. The molecule has 26 heavy (non-hydrogen) atoms. The summed E-state index contributed by atoms with van der Waals surface area (Å²) in [6.45, 7) is 4.09. The van der Waals surface area contributed by atoms with Crippen LogP contribution in [0.4, 0.5) is 0 Å². The molecule has 1 aliphatic rings. The van der Waals surface area contributed by atoms with E-state index in [1.165, 1.54) is 0 Å². The number of likely N-dealkylation sites (N-methyl/N-ethyl adjacent to an activating group) is 1. The largest absolute Gasteiger partial charge is 0.385 e. The standard InChI is InChI=1S/C19H26N6O/c1-23(2)12-18(26)17-10-14-11-24(8-5-9-25(14)22-17)13-19-20-15-6-3-4-7-16(15)21-19/h3-4,6-7,10,18,26H,5,8-9,11-13H2,1-2H3,(H,20,21)/t18-/m0/s1. The zero-order valence-electron chi connectivity index (χ0n) is 15.4. The fraction of sp³-hybridized carbons (Fsp3) is 0.474. The Morgan fingerprint density at radius 2 is 2.12 bits per heavy atom. The summed E-state index contributed by atoms with van der Waals surface area (Å²) >= 11 is 0. The lowest BCUT2D eigenvalue weighted by molar-refractivity contribution is 0.133. The smallest absolute Gasteiger partial charge is 0.121 e. The predicted octanol–water partition coefficient (Wildman–Crippen LogP) is 1.76.